The number of ether oxygens (including phenoxy) is 1. The van der Waals surface area contributed by atoms with E-state index in [1.807, 2.05) is 0 Å². The van der Waals surface area contributed by atoms with E-state index in [1.54, 1.807) is 13.2 Å². The molecule has 0 aliphatic rings. The monoisotopic (exact) mass is 183 g/mol. The van der Waals surface area contributed by atoms with Crippen molar-refractivity contribution in [2.24, 2.45) is 0 Å². The average Bonchev–Trinajstić information content (AvgIpc) is 2.15. The van der Waals surface area contributed by atoms with Crippen LogP contribution in [0.25, 0.3) is 0 Å². The lowest BCUT2D eigenvalue weighted by Crippen LogP contribution is -2.11. The minimum absolute atomic E-state index is 0.192. The molecule has 72 valence electrons. The van der Waals surface area contributed by atoms with Crippen molar-refractivity contribution in [3.8, 4) is 0 Å². The maximum absolute atomic E-state index is 10.6. The number of rotatable bonds is 5. The Balaban J connectivity index is 2.29. The third-order valence-electron chi connectivity index (χ3n) is 1.51. The fourth-order valence-corrected chi connectivity index (χ4v) is 0.876. The molecule has 0 bridgehead atoms. The van der Waals surface area contributed by atoms with Gasteiger partial charge in [-0.2, -0.15) is 5.10 Å². The standard InChI is InChI=1S/C8H13N3O2/c1-13-6-2-5-9-7-3-4-8(12)11-10-7/h3-4H,2,5-6H2,1H3,(H,9,10)(H,11,12). The van der Waals surface area contributed by atoms with Crippen molar-refractivity contribution in [1.82, 2.24) is 10.2 Å². The number of aromatic amines is 1. The van der Waals surface area contributed by atoms with Crippen molar-refractivity contribution in [3.63, 3.8) is 0 Å². The number of aromatic nitrogens is 2. The first-order valence-electron chi connectivity index (χ1n) is 4.11. The number of H-pyrrole nitrogens is 1. The first kappa shape index (κ1) is 9.73. The molecule has 1 rings (SSSR count). The van der Waals surface area contributed by atoms with Gasteiger partial charge in [0.25, 0.3) is 5.56 Å². The van der Waals surface area contributed by atoms with Crippen molar-refractivity contribution >= 4 is 5.82 Å². The Morgan fingerprint density at radius 1 is 1.62 bits per heavy atom. The number of anilines is 1. The Morgan fingerprint density at radius 2 is 2.46 bits per heavy atom. The van der Waals surface area contributed by atoms with Gasteiger partial charge in [-0.25, -0.2) is 5.10 Å². The van der Waals surface area contributed by atoms with Crippen molar-refractivity contribution in [2.45, 2.75) is 6.42 Å². The molecule has 2 N–H and O–H groups in total. The van der Waals surface area contributed by atoms with E-state index in [9.17, 15) is 4.79 Å². The lowest BCUT2D eigenvalue weighted by molar-refractivity contribution is 0.197. The summed E-state index contributed by atoms with van der Waals surface area (Å²) in [6.45, 7) is 1.50. The fourth-order valence-electron chi connectivity index (χ4n) is 0.876. The maximum Gasteiger partial charge on any atom is 0.264 e. The first-order valence-corrected chi connectivity index (χ1v) is 4.11. The summed E-state index contributed by atoms with van der Waals surface area (Å²) < 4.78 is 4.88. The van der Waals surface area contributed by atoms with Crippen LogP contribution in [0.5, 0.6) is 0 Å². The molecule has 0 aliphatic carbocycles. The minimum Gasteiger partial charge on any atom is -0.385 e. The van der Waals surface area contributed by atoms with Gasteiger partial charge in [0.2, 0.25) is 0 Å². The molecular formula is C8H13N3O2. The number of hydrogen-bond donors (Lipinski definition) is 2. The number of hydrogen-bond acceptors (Lipinski definition) is 4. The minimum atomic E-state index is -0.192. The molecule has 1 aromatic rings. The lowest BCUT2D eigenvalue weighted by Gasteiger charge is -2.02. The smallest absolute Gasteiger partial charge is 0.264 e. The summed E-state index contributed by atoms with van der Waals surface area (Å²) in [4.78, 5) is 10.6. The topological polar surface area (TPSA) is 67.0 Å². The van der Waals surface area contributed by atoms with Crippen LogP contribution in [0.2, 0.25) is 0 Å². The molecule has 0 fully saturated rings. The van der Waals surface area contributed by atoms with Crippen LogP contribution in [0.15, 0.2) is 16.9 Å². The second-order valence-electron chi connectivity index (χ2n) is 2.58. The summed E-state index contributed by atoms with van der Waals surface area (Å²) in [5, 5.41) is 9.17. The highest BCUT2D eigenvalue weighted by Crippen LogP contribution is 1.95. The highest BCUT2D eigenvalue weighted by molar-refractivity contribution is 5.30. The van der Waals surface area contributed by atoms with Crippen LogP contribution >= 0.6 is 0 Å². The van der Waals surface area contributed by atoms with Crippen LogP contribution < -0.4 is 10.9 Å². The summed E-state index contributed by atoms with van der Waals surface area (Å²) in [5.74, 6) is 0.677. The zero-order valence-corrected chi connectivity index (χ0v) is 7.54. The summed E-state index contributed by atoms with van der Waals surface area (Å²) in [6, 6.07) is 3.08. The second kappa shape index (κ2) is 5.31. The SMILES string of the molecule is COCCCNc1ccc(=O)[nH]n1. The van der Waals surface area contributed by atoms with Gasteiger partial charge in [-0.3, -0.25) is 4.79 Å². The Hall–Kier alpha value is -1.36. The first-order chi connectivity index (χ1) is 6.33. The Bertz CT molecular complexity index is 277. The molecule has 0 saturated heterocycles. The Morgan fingerprint density at radius 3 is 3.08 bits per heavy atom. The van der Waals surface area contributed by atoms with E-state index < -0.39 is 0 Å². The van der Waals surface area contributed by atoms with Gasteiger partial charge >= 0.3 is 0 Å². The summed E-state index contributed by atoms with van der Waals surface area (Å²) >= 11 is 0. The van der Waals surface area contributed by atoms with Gasteiger partial charge in [0.1, 0.15) is 5.82 Å². The molecule has 13 heavy (non-hydrogen) atoms. The van der Waals surface area contributed by atoms with Gasteiger partial charge in [-0.1, -0.05) is 0 Å². The van der Waals surface area contributed by atoms with Gasteiger partial charge in [0.05, 0.1) is 0 Å². The number of nitrogens with one attached hydrogen (secondary N) is 2. The van der Waals surface area contributed by atoms with Crippen molar-refractivity contribution < 1.29 is 4.74 Å². The van der Waals surface area contributed by atoms with Crippen molar-refractivity contribution in [1.29, 1.82) is 0 Å². The molecule has 0 radical (unpaired) electrons. The third-order valence-corrected chi connectivity index (χ3v) is 1.51. The molecule has 0 saturated carbocycles. The number of methoxy groups -OCH3 is 1. The van der Waals surface area contributed by atoms with E-state index in [-0.39, 0.29) is 5.56 Å². The van der Waals surface area contributed by atoms with Gasteiger partial charge in [0, 0.05) is 26.3 Å². The predicted molar refractivity (Wildman–Crippen MR) is 49.8 cm³/mol. The van der Waals surface area contributed by atoms with Crippen LogP contribution in [0.4, 0.5) is 5.82 Å². The van der Waals surface area contributed by atoms with Crippen LogP contribution in [0.1, 0.15) is 6.42 Å². The van der Waals surface area contributed by atoms with Gasteiger partial charge in [-0.05, 0) is 12.5 Å². The average molecular weight is 183 g/mol. The van der Waals surface area contributed by atoms with Gasteiger partial charge < -0.3 is 10.1 Å². The van der Waals surface area contributed by atoms with E-state index in [0.717, 1.165) is 19.6 Å². The molecular weight excluding hydrogens is 170 g/mol. The quantitative estimate of drug-likeness (QED) is 0.641. The molecule has 5 heteroatoms. The van der Waals surface area contributed by atoms with E-state index in [0.29, 0.717) is 5.82 Å². The van der Waals surface area contributed by atoms with E-state index >= 15 is 0 Å². The second-order valence-corrected chi connectivity index (χ2v) is 2.58. The lowest BCUT2D eigenvalue weighted by atomic mass is 10.4. The highest BCUT2D eigenvalue weighted by Gasteiger charge is 1.91. The molecule has 0 aliphatic heterocycles. The molecule has 0 atom stereocenters. The summed E-state index contributed by atoms with van der Waals surface area (Å²) in [7, 11) is 1.66. The van der Waals surface area contributed by atoms with Gasteiger partial charge in [0.15, 0.2) is 0 Å². The third kappa shape index (κ3) is 3.71. The van der Waals surface area contributed by atoms with E-state index in [4.69, 9.17) is 4.74 Å². The predicted octanol–water partition coefficient (Wildman–Crippen LogP) is 0.218. The summed E-state index contributed by atoms with van der Waals surface area (Å²) in [5.41, 5.74) is -0.192. The Kier molecular flexibility index (Phi) is 3.98. The fraction of sp³-hybridized carbons (Fsp3) is 0.500. The van der Waals surface area contributed by atoms with E-state index in [2.05, 4.69) is 15.5 Å². The van der Waals surface area contributed by atoms with Crippen LogP contribution in [0, 0.1) is 0 Å². The molecule has 1 aromatic heterocycles. The number of nitrogens with zero attached hydrogens (tertiary/aromatic N) is 1. The molecule has 5 nitrogen and oxygen atoms in total. The van der Waals surface area contributed by atoms with Crippen molar-refractivity contribution in [2.75, 3.05) is 25.6 Å². The molecule has 0 aromatic carbocycles. The zero-order chi connectivity index (χ0) is 9.52. The van der Waals surface area contributed by atoms with Crippen LogP contribution in [-0.2, 0) is 4.74 Å². The van der Waals surface area contributed by atoms with Gasteiger partial charge in [-0.15, -0.1) is 0 Å². The zero-order valence-electron chi connectivity index (χ0n) is 7.54. The maximum atomic E-state index is 10.6. The summed E-state index contributed by atoms with van der Waals surface area (Å²) in [6.07, 6.45) is 0.914. The molecule has 0 unspecified atom stereocenters. The molecule has 0 amide bonds. The van der Waals surface area contributed by atoms with Crippen LogP contribution in [-0.4, -0.2) is 30.5 Å². The normalized spacial score (nSPS) is 9.92. The highest BCUT2D eigenvalue weighted by atomic mass is 16.5. The Labute approximate surface area is 76.1 Å². The largest absolute Gasteiger partial charge is 0.385 e. The molecule has 1 heterocycles. The van der Waals surface area contributed by atoms with E-state index in [1.165, 1.54) is 6.07 Å². The van der Waals surface area contributed by atoms with Crippen LogP contribution in [0.3, 0.4) is 0 Å². The molecule has 0 spiro atoms. The van der Waals surface area contributed by atoms with Crippen molar-refractivity contribution in [3.05, 3.63) is 22.5 Å².